The van der Waals surface area contributed by atoms with E-state index >= 15 is 0 Å². The smallest absolute Gasteiger partial charge is 0.139 e. The number of hydrogen-bond donors (Lipinski definition) is 0. The van der Waals surface area contributed by atoms with E-state index in [4.69, 9.17) is 0 Å². The van der Waals surface area contributed by atoms with Crippen molar-refractivity contribution in [1.82, 2.24) is 19.9 Å². The highest BCUT2D eigenvalue weighted by Crippen LogP contribution is 1.91. The van der Waals surface area contributed by atoms with E-state index in [9.17, 15) is 0 Å². The van der Waals surface area contributed by atoms with Crippen LogP contribution in [0.4, 0.5) is 0 Å². The summed E-state index contributed by atoms with van der Waals surface area (Å²) in [6.07, 6.45) is 8.07. The molecule has 0 amide bonds. The van der Waals surface area contributed by atoms with E-state index in [0.717, 1.165) is 5.56 Å². The molecule has 0 saturated carbocycles. The van der Waals surface area contributed by atoms with Crippen molar-refractivity contribution in [2.24, 2.45) is 5.10 Å². The van der Waals surface area contributed by atoms with Gasteiger partial charge in [0.2, 0.25) is 0 Å². The molecule has 0 aromatic carbocycles. The van der Waals surface area contributed by atoms with Gasteiger partial charge >= 0.3 is 0 Å². The lowest BCUT2D eigenvalue weighted by Crippen LogP contribution is -1.90. The molecule has 0 fully saturated rings. The maximum absolute atomic E-state index is 4.03. The first-order chi connectivity index (χ1) is 6.45. The van der Waals surface area contributed by atoms with Crippen LogP contribution < -0.4 is 0 Å². The Morgan fingerprint density at radius 3 is 2.77 bits per heavy atom. The molecule has 0 unspecified atom stereocenters. The molecule has 0 saturated heterocycles. The van der Waals surface area contributed by atoms with E-state index in [2.05, 4.69) is 20.2 Å². The normalized spacial score (nSPS) is 10.8. The lowest BCUT2D eigenvalue weighted by molar-refractivity contribution is 0.743. The van der Waals surface area contributed by atoms with Crippen LogP contribution in [0.5, 0.6) is 0 Å². The maximum Gasteiger partial charge on any atom is 0.139 e. The molecule has 0 aliphatic heterocycles. The van der Waals surface area contributed by atoms with E-state index < -0.39 is 0 Å². The molecule has 5 heteroatoms. The Labute approximate surface area is 74.8 Å². The van der Waals surface area contributed by atoms with Gasteiger partial charge in [0.25, 0.3) is 0 Å². The summed E-state index contributed by atoms with van der Waals surface area (Å²) in [5.74, 6) is 0. The molecule has 0 N–H and O–H groups in total. The van der Waals surface area contributed by atoms with Crippen LogP contribution in [0.25, 0.3) is 0 Å². The molecule has 0 atom stereocenters. The molecule has 2 aromatic rings. The minimum absolute atomic E-state index is 0.977. The van der Waals surface area contributed by atoms with Gasteiger partial charge in [-0.15, -0.1) is 9.89 Å². The fourth-order valence-corrected chi connectivity index (χ4v) is 0.837. The first-order valence-corrected chi connectivity index (χ1v) is 3.74. The minimum atomic E-state index is 0.977. The third-order valence-corrected chi connectivity index (χ3v) is 1.44. The highest BCUT2D eigenvalue weighted by atomic mass is 15.5. The van der Waals surface area contributed by atoms with E-state index in [-0.39, 0.29) is 0 Å². The van der Waals surface area contributed by atoms with E-state index in [1.165, 1.54) is 17.4 Å². The Morgan fingerprint density at radius 1 is 1.23 bits per heavy atom. The Kier molecular flexibility index (Phi) is 2.09. The lowest BCUT2D eigenvalue weighted by atomic mass is 10.3. The fraction of sp³-hybridized carbons (Fsp3) is 0. The Bertz CT molecular complexity index is 378. The van der Waals surface area contributed by atoms with Crippen molar-refractivity contribution in [3.05, 3.63) is 42.7 Å². The van der Waals surface area contributed by atoms with Crippen molar-refractivity contribution in [3.63, 3.8) is 0 Å². The van der Waals surface area contributed by atoms with Gasteiger partial charge in [0.1, 0.15) is 12.7 Å². The second kappa shape index (κ2) is 3.57. The summed E-state index contributed by atoms with van der Waals surface area (Å²) in [5, 5.41) is 7.85. The zero-order chi connectivity index (χ0) is 8.93. The van der Waals surface area contributed by atoms with Crippen LogP contribution >= 0.6 is 0 Å². The van der Waals surface area contributed by atoms with Crippen LogP contribution in [0.3, 0.4) is 0 Å². The van der Waals surface area contributed by atoms with Gasteiger partial charge < -0.3 is 0 Å². The van der Waals surface area contributed by atoms with Crippen LogP contribution in [0.1, 0.15) is 5.56 Å². The zero-order valence-corrected chi connectivity index (χ0v) is 6.78. The summed E-state index contributed by atoms with van der Waals surface area (Å²) >= 11 is 0. The number of aromatic nitrogens is 4. The summed E-state index contributed by atoms with van der Waals surface area (Å²) in [4.78, 5) is 9.04. The number of nitrogens with zero attached hydrogens (tertiary/aromatic N) is 5. The van der Waals surface area contributed by atoms with Crippen LogP contribution in [-0.2, 0) is 0 Å². The summed E-state index contributed by atoms with van der Waals surface area (Å²) in [7, 11) is 0. The Hall–Kier alpha value is -2.04. The number of pyridine rings is 1. The highest BCUT2D eigenvalue weighted by Gasteiger charge is 1.85. The van der Waals surface area contributed by atoms with Crippen molar-refractivity contribution in [1.29, 1.82) is 0 Å². The first kappa shape index (κ1) is 7.60. The third-order valence-electron chi connectivity index (χ3n) is 1.44. The standard InChI is InChI=1S/C8H7N5/c1-3-9-4-2-8(1)5-11-13-7-10-6-12-13/h1-7H. The largest absolute Gasteiger partial charge is 0.265 e. The summed E-state index contributed by atoms with van der Waals surface area (Å²) in [5.41, 5.74) is 0.977. The molecule has 13 heavy (non-hydrogen) atoms. The second-order valence-corrected chi connectivity index (χ2v) is 2.34. The third kappa shape index (κ3) is 1.96. The van der Waals surface area contributed by atoms with Crippen LogP contribution in [0, 0.1) is 0 Å². The molecule has 0 spiro atoms. The average molecular weight is 173 g/mol. The SMILES string of the molecule is C(=Nn1cncn1)c1ccncc1. The van der Waals surface area contributed by atoms with Gasteiger partial charge in [-0.25, -0.2) is 4.98 Å². The molecule has 2 aromatic heterocycles. The molecule has 2 heterocycles. The molecule has 5 nitrogen and oxygen atoms in total. The van der Waals surface area contributed by atoms with Crippen molar-refractivity contribution in [2.75, 3.05) is 0 Å². The molecule has 64 valence electrons. The van der Waals surface area contributed by atoms with Crippen molar-refractivity contribution < 1.29 is 0 Å². The van der Waals surface area contributed by atoms with Gasteiger partial charge in [-0.2, -0.15) is 5.10 Å². The molecule has 0 radical (unpaired) electrons. The van der Waals surface area contributed by atoms with Gasteiger partial charge in [0.05, 0.1) is 6.21 Å². The maximum atomic E-state index is 4.03. The van der Waals surface area contributed by atoms with E-state index in [1.54, 1.807) is 18.6 Å². The van der Waals surface area contributed by atoms with Crippen LogP contribution in [-0.4, -0.2) is 26.1 Å². The topological polar surface area (TPSA) is 56.0 Å². The minimum Gasteiger partial charge on any atom is -0.265 e. The van der Waals surface area contributed by atoms with E-state index in [1.807, 2.05) is 12.1 Å². The predicted molar refractivity (Wildman–Crippen MR) is 47.3 cm³/mol. The molecule has 0 aliphatic rings. The monoisotopic (exact) mass is 173 g/mol. The second-order valence-electron chi connectivity index (χ2n) is 2.34. The van der Waals surface area contributed by atoms with Crippen molar-refractivity contribution in [2.45, 2.75) is 0 Å². The van der Waals surface area contributed by atoms with Crippen LogP contribution in [0.2, 0.25) is 0 Å². The highest BCUT2D eigenvalue weighted by molar-refractivity contribution is 5.78. The van der Waals surface area contributed by atoms with Crippen molar-refractivity contribution >= 4 is 6.21 Å². The first-order valence-electron chi connectivity index (χ1n) is 3.74. The predicted octanol–water partition coefficient (Wildman–Crippen LogP) is 0.555. The Balaban J connectivity index is 2.15. The van der Waals surface area contributed by atoms with E-state index in [0.29, 0.717) is 0 Å². The summed E-state index contributed by atoms with van der Waals surface area (Å²) < 4.78 is 0. The summed E-state index contributed by atoms with van der Waals surface area (Å²) in [6, 6.07) is 3.72. The van der Waals surface area contributed by atoms with Crippen LogP contribution in [0.15, 0.2) is 42.3 Å². The lowest BCUT2D eigenvalue weighted by Gasteiger charge is -1.89. The molecule has 0 aliphatic carbocycles. The molecule has 0 bridgehead atoms. The number of rotatable bonds is 2. The Morgan fingerprint density at radius 2 is 2.08 bits per heavy atom. The molecule has 2 rings (SSSR count). The quantitative estimate of drug-likeness (QED) is 0.623. The molecular formula is C8H7N5. The summed E-state index contributed by atoms with van der Waals surface area (Å²) in [6.45, 7) is 0. The van der Waals surface area contributed by atoms with Gasteiger partial charge in [-0.1, -0.05) is 0 Å². The average Bonchev–Trinajstić information content (AvgIpc) is 2.69. The fourth-order valence-electron chi connectivity index (χ4n) is 0.837. The van der Waals surface area contributed by atoms with Gasteiger partial charge in [-0.3, -0.25) is 4.98 Å². The zero-order valence-electron chi connectivity index (χ0n) is 6.78. The van der Waals surface area contributed by atoms with Gasteiger partial charge in [-0.05, 0) is 17.7 Å². The molecular weight excluding hydrogens is 166 g/mol. The van der Waals surface area contributed by atoms with Gasteiger partial charge in [0, 0.05) is 12.4 Å². The number of hydrogen-bond acceptors (Lipinski definition) is 4. The van der Waals surface area contributed by atoms with Crippen molar-refractivity contribution in [3.8, 4) is 0 Å². The van der Waals surface area contributed by atoms with Gasteiger partial charge in [0.15, 0.2) is 0 Å².